The fourth-order valence-electron chi connectivity index (χ4n) is 4.44. The summed E-state index contributed by atoms with van der Waals surface area (Å²) in [5.74, 6) is 2.03. The zero-order valence-electron chi connectivity index (χ0n) is 18.0. The Balaban J connectivity index is 1.47. The third-order valence-corrected chi connectivity index (χ3v) is 6.06. The number of ether oxygens (including phenoxy) is 1. The molecule has 0 saturated carbocycles. The molecule has 0 spiro atoms. The van der Waals surface area contributed by atoms with E-state index in [2.05, 4.69) is 59.5 Å². The van der Waals surface area contributed by atoms with Gasteiger partial charge in [0.2, 0.25) is 0 Å². The van der Waals surface area contributed by atoms with Crippen LogP contribution in [0.2, 0.25) is 0 Å². The lowest BCUT2D eigenvalue weighted by Crippen LogP contribution is -2.48. The molecular formula is C25H26N4O2. The Bertz CT molecular complexity index is 1150. The molecular weight excluding hydrogens is 388 g/mol. The van der Waals surface area contributed by atoms with E-state index in [9.17, 15) is 4.79 Å². The number of nitrogens with one attached hydrogen (secondary N) is 2. The first kappa shape index (κ1) is 19.7. The van der Waals surface area contributed by atoms with Crippen LogP contribution in [0.5, 0.6) is 11.5 Å². The fourth-order valence-corrected chi connectivity index (χ4v) is 4.44. The van der Waals surface area contributed by atoms with Gasteiger partial charge in [-0.3, -0.25) is 9.89 Å². The van der Waals surface area contributed by atoms with E-state index in [1.54, 1.807) is 6.20 Å². The van der Waals surface area contributed by atoms with Crippen molar-refractivity contribution in [3.05, 3.63) is 71.4 Å². The van der Waals surface area contributed by atoms with Crippen LogP contribution in [-0.2, 0) is 10.2 Å². The molecule has 158 valence electrons. The van der Waals surface area contributed by atoms with Gasteiger partial charge in [0.15, 0.2) is 11.6 Å². The van der Waals surface area contributed by atoms with Crippen LogP contribution in [0.4, 0.5) is 5.82 Å². The highest BCUT2D eigenvalue weighted by Crippen LogP contribution is 2.43. The molecule has 0 aliphatic carbocycles. The van der Waals surface area contributed by atoms with E-state index >= 15 is 0 Å². The number of carbonyl (C=O) groups is 1. The Kier molecular flexibility index (Phi) is 4.74. The van der Waals surface area contributed by atoms with E-state index in [4.69, 9.17) is 4.74 Å². The Morgan fingerprint density at radius 2 is 1.81 bits per heavy atom. The lowest BCUT2D eigenvalue weighted by atomic mass is 9.74. The highest BCUT2D eigenvalue weighted by molar-refractivity contribution is 6.11. The zero-order valence-corrected chi connectivity index (χ0v) is 18.0. The molecule has 2 aromatic carbocycles. The highest BCUT2D eigenvalue weighted by Gasteiger charge is 2.41. The minimum Gasteiger partial charge on any atom is -0.457 e. The number of nitrogens with zero attached hydrogens (tertiary/aromatic N) is 2. The second-order valence-corrected chi connectivity index (χ2v) is 9.25. The van der Waals surface area contributed by atoms with Gasteiger partial charge in [0, 0.05) is 23.7 Å². The second kappa shape index (κ2) is 7.46. The molecule has 6 nitrogen and oxygen atoms in total. The van der Waals surface area contributed by atoms with Crippen molar-refractivity contribution < 1.29 is 9.53 Å². The summed E-state index contributed by atoms with van der Waals surface area (Å²) in [7, 11) is 0. The number of aliphatic imine (C=N–C) groups is 1. The van der Waals surface area contributed by atoms with E-state index in [1.807, 2.05) is 30.3 Å². The van der Waals surface area contributed by atoms with Gasteiger partial charge >= 0.3 is 0 Å². The first-order chi connectivity index (χ1) is 14.9. The van der Waals surface area contributed by atoms with Crippen molar-refractivity contribution in [3.8, 4) is 11.5 Å². The molecule has 6 heteroatoms. The van der Waals surface area contributed by atoms with Crippen molar-refractivity contribution in [1.82, 2.24) is 15.5 Å². The average Bonchev–Trinajstić information content (AvgIpc) is 3.20. The quantitative estimate of drug-likeness (QED) is 0.661. The smallest absolute Gasteiger partial charge is 0.156 e. The van der Waals surface area contributed by atoms with E-state index in [-0.39, 0.29) is 23.0 Å². The van der Waals surface area contributed by atoms with Crippen molar-refractivity contribution >= 4 is 17.3 Å². The summed E-state index contributed by atoms with van der Waals surface area (Å²) in [5, 5.41) is 10.3. The van der Waals surface area contributed by atoms with Gasteiger partial charge in [-0.2, -0.15) is 5.10 Å². The molecule has 0 amide bonds. The van der Waals surface area contributed by atoms with Gasteiger partial charge in [0.1, 0.15) is 11.5 Å². The van der Waals surface area contributed by atoms with Crippen molar-refractivity contribution in [2.24, 2.45) is 10.9 Å². The van der Waals surface area contributed by atoms with Crippen LogP contribution in [0.25, 0.3) is 0 Å². The molecule has 31 heavy (non-hydrogen) atoms. The third kappa shape index (κ3) is 3.68. The van der Waals surface area contributed by atoms with Gasteiger partial charge < -0.3 is 10.1 Å². The number of Topliss-reactive ketones (excluding diaryl/α,β-unsaturated/α-hetero) is 1. The SMILES string of the molecule is CC(C)(C)c1ccc(Oc2cccc(C3c4cn[nH]c4N=C4CNCC(=O)C43)c2)cc1. The number of fused-ring (bicyclic) bond motifs is 2. The molecule has 1 saturated heterocycles. The number of H-pyrrole nitrogens is 1. The summed E-state index contributed by atoms with van der Waals surface area (Å²) in [6.07, 6.45) is 1.79. The molecule has 0 radical (unpaired) electrons. The van der Waals surface area contributed by atoms with E-state index in [0.29, 0.717) is 13.1 Å². The summed E-state index contributed by atoms with van der Waals surface area (Å²) in [6.45, 7) is 7.56. The minimum absolute atomic E-state index is 0.0996. The minimum atomic E-state index is -0.271. The predicted octanol–water partition coefficient (Wildman–Crippen LogP) is 4.51. The van der Waals surface area contributed by atoms with Gasteiger partial charge in [-0.15, -0.1) is 0 Å². The molecule has 2 atom stereocenters. The molecule has 2 aliphatic rings. The normalized spacial score (nSPS) is 20.6. The summed E-state index contributed by atoms with van der Waals surface area (Å²) in [6, 6.07) is 16.2. The van der Waals surface area contributed by atoms with Crippen molar-refractivity contribution in [1.29, 1.82) is 0 Å². The monoisotopic (exact) mass is 414 g/mol. The molecule has 5 rings (SSSR count). The fraction of sp³-hybridized carbons (Fsp3) is 0.320. The van der Waals surface area contributed by atoms with Crippen molar-refractivity contribution in [2.45, 2.75) is 32.1 Å². The Morgan fingerprint density at radius 3 is 2.58 bits per heavy atom. The van der Waals surface area contributed by atoms with E-state index in [0.717, 1.165) is 34.2 Å². The number of rotatable bonds is 3. The molecule has 3 aromatic rings. The summed E-state index contributed by atoms with van der Waals surface area (Å²) < 4.78 is 6.16. The molecule has 1 fully saturated rings. The maximum absolute atomic E-state index is 12.8. The van der Waals surface area contributed by atoms with Crippen LogP contribution in [-0.4, -0.2) is 34.8 Å². The maximum Gasteiger partial charge on any atom is 0.156 e. The van der Waals surface area contributed by atoms with Crippen molar-refractivity contribution in [2.75, 3.05) is 13.1 Å². The Labute approximate surface area is 181 Å². The van der Waals surface area contributed by atoms with Gasteiger partial charge in [-0.05, 0) is 40.8 Å². The molecule has 1 aromatic heterocycles. The first-order valence-electron chi connectivity index (χ1n) is 10.6. The largest absolute Gasteiger partial charge is 0.457 e. The van der Waals surface area contributed by atoms with Crippen LogP contribution in [0.3, 0.4) is 0 Å². The molecule has 2 N–H and O–H groups in total. The van der Waals surface area contributed by atoms with Crippen LogP contribution in [0, 0.1) is 5.92 Å². The molecule has 0 bridgehead atoms. The van der Waals surface area contributed by atoms with E-state index in [1.165, 1.54) is 5.56 Å². The van der Waals surface area contributed by atoms with Crippen LogP contribution >= 0.6 is 0 Å². The van der Waals surface area contributed by atoms with Gasteiger partial charge in [-0.25, -0.2) is 4.99 Å². The number of piperidine rings is 1. The highest BCUT2D eigenvalue weighted by atomic mass is 16.5. The second-order valence-electron chi connectivity index (χ2n) is 9.25. The van der Waals surface area contributed by atoms with Gasteiger partial charge in [-0.1, -0.05) is 45.0 Å². The topological polar surface area (TPSA) is 79.4 Å². The van der Waals surface area contributed by atoms with Crippen LogP contribution < -0.4 is 10.1 Å². The third-order valence-electron chi connectivity index (χ3n) is 6.06. The van der Waals surface area contributed by atoms with Crippen LogP contribution in [0.1, 0.15) is 43.4 Å². The molecule has 2 unspecified atom stereocenters. The van der Waals surface area contributed by atoms with Crippen molar-refractivity contribution in [3.63, 3.8) is 0 Å². The van der Waals surface area contributed by atoms with Gasteiger partial charge in [0.05, 0.1) is 18.7 Å². The summed E-state index contributed by atoms with van der Waals surface area (Å²) in [5.41, 5.74) is 4.21. The predicted molar refractivity (Wildman–Crippen MR) is 121 cm³/mol. The number of carbonyl (C=O) groups excluding carboxylic acids is 1. The number of hydrogen-bond donors (Lipinski definition) is 2. The summed E-state index contributed by atoms with van der Waals surface area (Å²) >= 11 is 0. The molecule has 3 heterocycles. The lowest BCUT2D eigenvalue weighted by Gasteiger charge is -2.34. The van der Waals surface area contributed by atoms with Crippen LogP contribution in [0.15, 0.2) is 59.7 Å². The number of ketones is 1. The maximum atomic E-state index is 12.8. The van der Waals surface area contributed by atoms with Gasteiger partial charge in [0.25, 0.3) is 0 Å². The number of aromatic nitrogens is 2. The standard InChI is InChI=1S/C25H26N4O2/c1-25(2,3)16-7-9-17(10-8-16)31-18-6-4-5-15(11-18)22-19-12-27-29-24(19)28-20-13-26-14-21(30)23(20)22/h4-12,22-23,26H,13-14H2,1-3H3,(H,27,29). The number of benzene rings is 2. The Morgan fingerprint density at radius 1 is 1.00 bits per heavy atom. The first-order valence-corrected chi connectivity index (χ1v) is 10.6. The van der Waals surface area contributed by atoms with E-state index < -0.39 is 0 Å². The average molecular weight is 415 g/mol. The number of hydrogen-bond acceptors (Lipinski definition) is 5. The Hall–Kier alpha value is -3.25. The lowest BCUT2D eigenvalue weighted by molar-refractivity contribution is -0.120. The zero-order chi connectivity index (χ0) is 21.6. The molecule has 2 aliphatic heterocycles. The summed E-state index contributed by atoms with van der Waals surface area (Å²) in [4.78, 5) is 17.5. The number of aromatic amines is 1.